The predicted octanol–water partition coefficient (Wildman–Crippen LogP) is 4.93. The molecule has 0 radical (unpaired) electrons. The Morgan fingerprint density at radius 3 is 1.82 bits per heavy atom. The highest BCUT2D eigenvalue weighted by molar-refractivity contribution is 5.90. The van der Waals surface area contributed by atoms with Crippen molar-refractivity contribution in [3.05, 3.63) is 131 Å². The van der Waals surface area contributed by atoms with E-state index in [1.165, 1.54) is 32.2 Å². The zero-order valence-corrected chi connectivity index (χ0v) is 24.6. The van der Waals surface area contributed by atoms with Crippen LogP contribution in [-0.4, -0.2) is 37.0 Å². The molecular formula is C35H35FN2O6. The number of hydrogen-bond acceptors (Lipinski definition) is 6. The average molecular weight is 599 g/mol. The average Bonchev–Trinajstić information content (AvgIpc) is 3.03. The maximum atomic E-state index is 13.8. The summed E-state index contributed by atoms with van der Waals surface area (Å²) in [6.07, 6.45) is 0.105. The maximum absolute atomic E-state index is 13.8. The van der Waals surface area contributed by atoms with E-state index in [-0.39, 0.29) is 12.8 Å². The monoisotopic (exact) mass is 598 g/mol. The van der Waals surface area contributed by atoms with E-state index >= 15 is 0 Å². The molecule has 0 aromatic heterocycles. The number of halogens is 1. The van der Waals surface area contributed by atoms with Crippen LogP contribution in [0, 0.1) is 5.82 Å². The Morgan fingerprint density at radius 2 is 1.23 bits per heavy atom. The quantitative estimate of drug-likeness (QED) is 0.200. The van der Waals surface area contributed by atoms with Gasteiger partial charge in [0.05, 0.1) is 7.11 Å². The maximum Gasteiger partial charge on any atom is 0.328 e. The number of benzene rings is 4. The Labute approximate surface area is 256 Å². The highest BCUT2D eigenvalue weighted by atomic mass is 19.1. The van der Waals surface area contributed by atoms with Crippen LogP contribution in [0.15, 0.2) is 103 Å². The van der Waals surface area contributed by atoms with Crippen LogP contribution in [0.2, 0.25) is 0 Å². The van der Waals surface area contributed by atoms with Crippen LogP contribution in [0.3, 0.4) is 0 Å². The Morgan fingerprint density at radius 1 is 0.659 bits per heavy atom. The first-order chi connectivity index (χ1) is 21.3. The molecule has 0 aliphatic rings. The Kier molecular flexibility index (Phi) is 11.5. The fourth-order valence-corrected chi connectivity index (χ4v) is 4.58. The molecule has 0 aliphatic carbocycles. The summed E-state index contributed by atoms with van der Waals surface area (Å²) in [5.41, 5.74) is 3.15. The van der Waals surface area contributed by atoms with Crippen molar-refractivity contribution in [1.29, 1.82) is 0 Å². The van der Waals surface area contributed by atoms with Crippen LogP contribution in [0.4, 0.5) is 4.39 Å². The zero-order chi connectivity index (χ0) is 31.3. The number of nitrogens with one attached hydrogen (secondary N) is 2. The van der Waals surface area contributed by atoms with Gasteiger partial charge in [-0.25, -0.2) is 9.18 Å². The number of esters is 1. The van der Waals surface area contributed by atoms with E-state index in [9.17, 15) is 18.8 Å². The fraction of sp³-hybridized carbons (Fsp3) is 0.229. The molecule has 0 saturated heterocycles. The van der Waals surface area contributed by atoms with Crippen molar-refractivity contribution in [2.45, 2.75) is 45.1 Å². The molecule has 228 valence electrons. The Bertz CT molecular complexity index is 1550. The van der Waals surface area contributed by atoms with Crippen molar-refractivity contribution >= 4 is 17.8 Å². The lowest BCUT2D eigenvalue weighted by Crippen LogP contribution is -2.53. The number of amides is 2. The fourth-order valence-electron chi connectivity index (χ4n) is 4.58. The highest BCUT2D eigenvalue weighted by Gasteiger charge is 2.28. The molecule has 2 amide bonds. The van der Waals surface area contributed by atoms with Gasteiger partial charge in [0.2, 0.25) is 11.8 Å². The predicted molar refractivity (Wildman–Crippen MR) is 163 cm³/mol. The molecule has 9 heteroatoms. The number of carbonyl (C=O) groups excluding carboxylic acids is 3. The molecule has 4 aromatic rings. The van der Waals surface area contributed by atoms with Crippen molar-refractivity contribution < 1.29 is 33.0 Å². The van der Waals surface area contributed by atoms with Gasteiger partial charge in [0.25, 0.3) is 0 Å². The molecule has 0 fully saturated rings. The Balaban J connectivity index is 1.53. The normalized spacial score (nSPS) is 12.0. The van der Waals surface area contributed by atoms with E-state index in [0.717, 1.165) is 11.1 Å². The second-order valence-corrected chi connectivity index (χ2v) is 10.2. The lowest BCUT2D eigenvalue weighted by Gasteiger charge is -2.22. The zero-order valence-electron chi connectivity index (χ0n) is 24.6. The smallest absolute Gasteiger partial charge is 0.328 e. The van der Waals surface area contributed by atoms with Crippen molar-refractivity contribution in [2.75, 3.05) is 7.11 Å². The first kappa shape index (κ1) is 31.7. The molecule has 0 saturated carbocycles. The molecule has 0 unspecified atom stereocenters. The lowest BCUT2D eigenvalue weighted by atomic mass is 10.0. The minimum Gasteiger partial charge on any atom is -0.485 e. The van der Waals surface area contributed by atoms with Crippen LogP contribution in [0.1, 0.15) is 29.2 Å². The van der Waals surface area contributed by atoms with Gasteiger partial charge in [-0.3, -0.25) is 9.59 Å². The van der Waals surface area contributed by atoms with Gasteiger partial charge in [-0.15, -0.1) is 0 Å². The highest BCUT2D eigenvalue weighted by Crippen LogP contribution is 2.31. The van der Waals surface area contributed by atoms with Crippen LogP contribution in [0.5, 0.6) is 11.5 Å². The van der Waals surface area contributed by atoms with E-state index in [1.54, 1.807) is 24.3 Å². The lowest BCUT2D eigenvalue weighted by molar-refractivity contribution is -0.145. The molecule has 2 atom stereocenters. The molecule has 44 heavy (non-hydrogen) atoms. The number of ether oxygens (including phenoxy) is 3. The summed E-state index contributed by atoms with van der Waals surface area (Å²) in [4.78, 5) is 38.0. The van der Waals surface area contributed by atoms with E-state index in [4.69, 9.17) is 14.2 Å². The molecule has 0 aliphatic heterocycles. The molecule has 4 aromatic carbocycles. The van der Waals surface area contributed by atoms with Crippen LogP contribution < -0.4 is 20.1 Å². The summed E-state index contributed by atoms with van der Waals surface area (Å²) in [6.45, 7) is 1.91. The summed E-state index contributed by atoms with van der Waals surface area (Å²) >= 11 is 0. The topological polar surface area (TPSA) is 103 Å². The summed E-state index contributed by atoms with van der Waals surface area (Å²) in [6, 6.07) is 28.4. The minimum absolute atomic E-state index is 0.0298. The van der Waals surface area contributed by atoms with Crippen LogP contribution in [0.25, 0.3) is 0 Å². The van der Waals surface area contributed by atoms with Gasteiger partial charge in [-0.2, -0.15) is 0 Å². The third kappa shape index (κ3) is 9.69. The molecule has 0 spiro atoms. The van der Waals surface area contributed by atoms with Gasteiger partial charge in [-0.1, -0.05) is 78.9 Å². The minimum atomic E-state index is -1.07. The molecule has 0 bridgehead atoms. The van der Waals surface area contributed by atoms with Crippen molar-refractivity contribution in [3.63, 3.8) is 0 Å². The van der Waals surface area contributed by atoms with Gasteiger partial charge in [0, 0.05) is 19.8 Å². The molecular weight excluding hydrogens is 563 g/mol. The SMILES string of the molecule is COC(=O)[C@H](Cc1ccc(OCc2ccccc2)c(OCc2ccccc2)c1)NC(=O)[C@H](Cc1cccc(F)c1)NC(C)=O. The molecule has 0 heterocycles. The summed E-state index contributed by atoms with van der Waals surface area (Å²) in [5, 5.41) is 5.29. The second kappa shape index (κ2) is 15.9. The van der Waals surface area contributed by atoms with Crippen molar-refractivity contribution in [3.8, 4) is 11.5 Å². The van der Waals surface area contributed by atoms with E-state index < -0.39 is 35.7 Å². The van der Waals surface area contributed by atoms with Crippen molar-refractivity contribution in [2.24, 2.45) is 0 Å². The summed E-state index contributed by atoms with van der Waals surface area (Å²) < 4.78 is 31.0. The number of rotatable bonds is 14. The van der Waals surface area contributed by atoms with Crippen LogP contribution >= 0.6 is 0 Å². The number of methoxy groups -OCH3 is 1. The standard InChI is InChI=1S/C35H35FN2O6/c1-24(39)37-30(19-27-14-9-15-29(36)18-27)34(40)38-31(35(41)42-2)20-28-16-17-32(43-22-25-10-5-3-6-11-25)33(21-28)44-23-26-12-7-4-8-13-26/h3-18,21,30-31H,19-20,22-23H2,1-2H3,(H,37,39)(H,38,40)/t30-,31-/m0/s1. The largest absolute Gasteiger partial charge is 0.485 e. The molecule has 8 nitrogen and oxygen atoms in total. The summed E-state index contributed by atoms with van der Waals surface area (Å²) in [7, 11) is 1.23. The van der Waals surface area contributed by atoms with Gasteiger partial charge >= 0.3 is 5.97 Å². The first-order valence-electron chi connectivity index (χ1n) is 14.2. The van der Waals surface area contributed by atoms with Gasteiger partial charge in [0.1, 0.15) is 31.1 Å². The van der Waals surface area contributed by atoms with E-state index in [2.05, 4.69) is 10.6 Å². The molecule has 4 rings (SSSR count). The first-order valence-corrected chi connectivity index (χ1v) is 14.2. The van der Waals surface area contributed by atoms with Crippen molar-refractivity contribution in [1.82, 2.24) is 10.6 Å². The third-order valence-corrected chi connectivity index (χ3v) is 6.75. The summed E-state index contributed by atoms with van der Waals surface area (Å²) in [5.74, 6) is -1.18. The van der Waals surface area contributed by atoms with E-state index in [0.29, 0.717) is 35.8 Å². The second-order valence-electron chi connectivity index (χ2n) is 10.2. The van der Waals surface area contributed by atoms with Crippen LogP contribution in [-0.2, 0) is 45.2 Å². The number of hydrogen-bond donors (Lipinski definition) is 2. The third-order valence-electron chi connectivity index (χ3n) is 6.75. The van der Waals surface area contributed by atoms with Gasteiger partial charge in [-0.05, 0) is 46.5 Å². The van der Waals surface area contributed by atoms with Gasteiger partial charge < -0.3 is 24.8 Å². The molecule has 2 N–H and O–H groups in total. The van der Waals surface area contributed by atoms with E-state index in [1.807, 2.05) is 60.7 Å². The number of carbonyl (C=O) groups is 3. The van der Waals surface area contributed by atoms with Gasteiger partial charge in [0.15, 0.2) is 11.5 Å². The Hall–Kier alpha value is -5.18.